The highest BCUT2D eigenvalue weighted by Gasteiger charge is 2.15. The van der Waals surface area contributed by atoms with E-state index in [0.717, 1.165) is 11.6 Å². The van der Waals surface area contributed by atoms with Gasteiger partial charge in [-0.15, -0.1) is 0 Å². The molecule has 0 saturated heterocycles. The number of carbonyl (C=O) groups excluding carboxylic acids is 2. The minimum Gasteiger partial charge on any atom is -0.454 e. The molecule has 37 heavy (non-hydrogen) atoms. The first-order valence-electron chi connectivity index (χ1n) is 11.5. The Balaban J connectivity index is 1.50. The molecule has 0 aliphatic heterocycles. The van der Waals surface area contributed by atoms with Crippen molar-refractivity contribution in [3.63, 3.8) is 0 Å². The molecule has 0 spiro atoms. The van der Waals surface area contributed by atoms with E-state index >= 15 is 0 Å². The van der Waals surface area contributed by atoms with Gasteiger partial charge in [-0.05, 0) is 67.9 Å². The number of rotatable bonds is 9. The first-order chi connectivity index (χ1) is 17.8. The molecule has 5 N–H and O–H groups in total. The fourth-order valence-corrected chi connectivity index (χ4v) is 3.48. The Bertz CT molecular complexity index is 1440. The van der Waals surface area contributed by atoms with Gasteiger partial charge in [0, 0.05) is 30.6 Å². The van der Waals surface area contributed by atoms with Crippen molar-refractivity contribution in [2.45, 2.75) is 13.3 Å². The third-order valence-corrected chi connectivity index (χ3v) is 5.41. The highest BCUT2D eigenvalue weighted by atomic mass is 19.1. The second-order valence-electron chi connectivity index (χ2n) is 8.26. The van der Waals surface area contributed by atoms with Crippen molar-refractivity contribution in [2.24, 2.45) is 5.73 Å². The van der Waals surface area contributed by atoms with Gasteiger partial charge in [0.1, 0.15) is 11.6 Å². The molecule has 0 aliphatic rings. The number of pyridine rings is 1. The van der Waals surface area contributed by atoms with E-state index in [1.54, 1.807) is 31.3 Å². The van der Waals surface area contributed by atoms with Crippen LogP contribution in [-0.2, 0) is 0 Å². The maximum Gasteiger partial charge on any atom is 0.255 e. The van der Waals surface area contributed by atoms with Crippen LogP contribution in [0.1, 0.15) is 32.7 Å². The van der Waals surface area contributed by atoms with Gasteiger partial charge in [-0.1, -0.05) is 6.07 Å². The number of benzene rings is 2. The van der Waals surface area contributed by atoms with E-state index in [1.165, 1.54) is 36.5 Å². The summed E-state index contributed by atoms with van der Waals surface area (Å²) in [5.74, 6) is -2.06. The summed E-state index contributed by atoms with van der Waals surface area (Å²) in [6.45, 7) is 2.73. The maximum atomic E-state index is 14.5. The van der Waals surface area contributed by atoms with E-state index in [1.807, 2.05) is 0 Å². The number of hydrogen-bond donors (Lipinski definition) is 4. The lowest BCUT2D eigenvalue weighted by atomic mass is 10.1. The van der Waals surface area contributed by atoms with Crippen LogP contribution in [0.4, 0.5) is 14.5 Å². The largest absolute Gasteiger partial charge is 0.454 e. The van der Waals surface area contributed by atoms with E-state index in [-0.39, 0.29) is 28.7 Å². The van der Waals surface area contributed by atoms with Crippen molar-refractivity contribution in [1.82, 2.24) is 15.3 Å². The molecule has 2 aromatic carbocycles. The number of halogens is 2. The van der Waals surface area contributed by atoms with E-state index < -0.39 is 17.5 Å². The summed E-state index contributed by atoms with van der Waals surface area (Å²) in [6, 6.07) is 12.7. The molecule has 2 amide bonds. The molecule has 10 heteroatoms. The predicted molar refractivity (Wildman–Crippen MR) is 136 cm³/mol. The standard InChI is InChI=1S/C27H25F2N5O3/c1-16-3-5-20(28)22(11-16)34-27(36)17-4-6-21(29)25(13-17)37-19-7-10-31-24(14-19)23-12-18(15-33-23)26(35)32-9-2-8-30/h3-7,10-15,33H,2,8-9,30H2,1H3,(H,32,35)(H,34,36). The second kappa shape index (κ2) is 11.4. The number of aryl methyl sites for hydroxylation is 1. The zero-order chi connectivity index (χ0) is 26.4. The van der Waals surface area contributed by atoms with Gasteiger partial charge in [0.2, 0.25) is 0 Å². The molecule has 0 bridgehead atoms. The Kier molecular flexibility index (Phi) is 7.89. The molecule has 2 heterocycles. The Morgan fingerprint density at radius 3 is 2.62 bits per heavy atom. The average Bonchev–Trinajstić information content (AvgIpc) is 3.38. The van der Waals surface area contributed by atoms with Crippen LogP contribution in [0.5, 0.6) is 11.5 Å². The van der Waals surface area contributed by atoms with Crippen molar-refractivity contribution >= 4 is 17.5 Å². The van der Waals surface area contributed by atoms with Crippen LogP contribution < -0.4 is 21.1 Å². The first-order valence-corrected chi connectivity index (χ1v) is 11.5. The van der Waals surface area contributed by atoms with E-state index in [0.29, 0.717) is 36.5 Å². The van der Waals surface area contributed by atoms with Crippen LogP contribution in [0.2, 0.25) is 0 Å². The summed E-state index contributed by atoms with van der Waals surface area (Å²) in [5.41, 5.74) is 7.77. The molecule has 0 unspecified atom stereocenters. The van der Waals surface area contributed by atoms with Gasteiger partial charge < -0.3 is 26.1 Å². The number of anilines is 1. The molecule has 4 rings (SSSR count). The average molecular weight is 506 g/mol. The highest BCUT2D eigenvalue weighted by molar-refractivity contribution is 6.04. The fraction of sp³-hybridized carbons (Fsp3) is 0.148. The van der Waals surface area contributed by atoms with Gasteiger partial charge >= 0.3 is 0 Å². The minimum atomic E-state index is -0.687. The summed E-state index contributed by atoms with van der Waals surface area (Å²) in [6.07, 6.45) is 3.70. The van der Waals surface area contributed by atoms with Gasteiger partial charge in [-0.2, -0.15) is 0 Å². The minimum absolute atomic E-state index is 0.0222. The summed E-state index contributed by atoms with van der Waals surface area (Å²) >= 11 is 0. The molecule has 190 valence electrons. The van der Waals surface area contributed by atoms with Crippen molar-refractivity contribution in [1.29, 1.82) is 0 Å². The van der Waals surface area contributed by atoms with Crippen molar-refractivity contribution in [2.75, 3.05) is 18.4 Å². The number of nitrogens with one attached hydrogen (secondary N) is 3. The summed E-state index contributed by atoms with van der Waals surface area (Å²) < 4.78 is 34.3. The zero-order valence-corrected chi connectivity index (χ0v) is 20.0. The normalized spacial score (nSPS) is 10.7. The quantitative estimate of drug-likeness (QED) is 0.244. The molecule has 0 saturated carbocycles. The van der Waals surface area contributed by atoms with E-state index in [2.05, 4.69) is 20.6 Å². The van der Waals surface area contributed by atoms with Gasteiger partial charge in [-0.25, -0.2) is 8.78 Å². The topological polar surface area (TPSA) is 122 Å². The zero-order valence-electron chi connectivity index (χ0n) is 20.0. The summed E-state index contributed by atoms with van der Waals surface area (Å²) in [5, 5.41) is 5.26. The SMILES string of the molecule is Cc1ccc(F)c(NC(=O)c2ccc(F)c(Oc3ccnc(-c4cc(C(=O)NCCCN)c[nH]4)c3)c2)c1. The molecule has 0 atom stereocenters. The molecule has 4 aromatic rings. The van der Waals surface area contributed by atoms with Crippen LogP contribution >= 0.6 is 0 Å². The van der Waals surface area contributed by atoms with Crippen molar-refractivity contribution < 1.29 is 23.1 Å². The van der Waals surface area contributed by atoms with Crippen LogP contribution in [0.3, 0.4) is 0 Å². The van der Waals surface area contributed by atoms with Crippen LogP contribution in [-0.4, -0.2) is 34.9 Å². The number of ether oxygens (including phenoxy) is 1. The maximum absolute atomic E-state index is 14.5. The highest BCUT2D eigenvalue weighted by Crippen LogP contribution is 2.29. The molecular formula is C27H25F2N5O3. The number of aromatic amines is 1. The van der Waals surface area contributed by atoms with Crippen molar-refractivity contribution in [3.05, 3.63) is 95.3 Å². The smallest absolute Gasteiger partial charge is 0.255 e. The Morgan fingerprint density at radius 2 is 1.81 bits per heavy atom. The summed E-state index contributed by atoms with van der Waals surface area (Å²) in [7, 11) is 0. The molecule has 2 aromatic heterocycles. The number of aromatic nitrogens is 2. The van der Waals surface area contributed by atoms with Gasteiger partial charge in [0.05, 0.1) is 22.6 Å². The van der Waals surface area contributed by atoms with Crippen LogP contribution in [0, 0.1) is 18.6 Å². The Morgan fingerprint density at radius 1 is 1.00 bits per heavy atom. The molecule has 8 nitrogen and oxygen atoms in total. The van der Waals surface area contributed by atoms with E-state index in [9.17, 15) is 18.4 Å². The van der Waals surface area contributed by atoms with Gasteiger partial charge in [0.15, 0.2) is 11.6 Å². The molecule has 0 aliphatic carbocycles. The van der Waals surface area contributed by atoms with E-state index in [4.69, 9.17) is 10.5 Å². The second-order valence-corrected chi connectivity index (χ2v) is 8.26. The number of nitrogens with zero attached hydrogens (tertiary/aromatic N) is 1. The monoisotopic (exact) mass is 505 g/mol. The predicted octanol–water partition coefficient (Wildman–Crippen LogP) is 4.79. The number of nitrogens with two attached hydrogens (primary N) is 1. The van der Waals surface area contributed by atoms with Gasteiger partial charge in [0.25, 0.3) is 11.8 Å². The first kappa shape index (κ1) is 25.5. The number of hydrogen-bond acceptors (Lipinski definition) is 5. The number of carbonyl (C=O) groups is 2. The van der Waals surface area contributed by atoms with Crippen molar-refractivity contribution in [3.8, 4) is 22.9 Å². The molecule has 0 radical (unpaired) electrons. The van der Waals surface area contributed by atoms with Gasteiger partial charge in [-0.3, -0.25) is 14.6 Å². The lowest BCUT2D eigenvalue weighted by molar-refractivity contribution is 0.0952. The summed E-state index contributed by atoms with van der Waals surface area (Å²) in [4.78, 5) is 32.2. The van der Waals surface area contributed by atoms with Crippen LogP contribution in [0.25, 0.3) is 11.4 Å². The molecule has 0 fully saturated rings. The fourth-order valence-electron chi connectivity index (χ4n) is 3.48. The van der Waals surface area contributed by atoms with Crippen LogP contribution in [0.15, 0.2) is 67.0 Å². The lowest BCUT2D eigenvalue weighted by Gasteiger charge is -2.11. The Labute approximate surface area is 211 Å². The Hall–Kier alpha value is -4.57. The third-order valence-electron chi connectivity index (χ3n) is 5.41. The number of amides is 2. The number of H-pyrrole nitrogens is 1. The lowest BCUT2D eigenvalue weighted by Crippen LogP contribution is -2.25. The third kappa shape index (κ3) is 6.36. The molecular weight excluding hydrogens is 480 g/mol.